The summed E-state index contributed by atoms with van der Waals surface area (Å²) in [5, 5.41) is 12.0. The lowest BCUT2D eigenvalue weighted by Gasteiger charge is -2.14. The van der Waals surface area contributed by atoms with Crippen molar-refractivity contribution in [3.8, 4) is 34.2 Å². The zero-order chi connectivity index (χ0) is 30.9. The number of rotatable bonds is 3. The van der Waals surface area contributed by atoms with Gasteiger partial charge in [0.25, 0.3) is 0 Å². The molecule has 3 heterocycles. The van der Waals surface area contributed by atoms with Crippen molar-refractivity contribution in [3.63, 3.8) is 0 Å². The summed E-state index contributed by atoms with van der Waals surface area (Å²) in [5.74, 6) is 1.97. The zero-order valence-corrected chi connectivity index (χ0v) is 25.9. The van der Waals surface area contributed by atoms with Gasteiger partial charge < -0.3 is 0 Å². The van der Waals surface area contributed by atoms with E-state index < -0.39 is 0 Å². The summed E-state index contributed by atoms with van der Waals surface area (Å²) in [4.78, 5) is 19.9. The SMILES string of the molecule is c1ccc(-c2nc(-c3cccc4c3ccc3c5ccncc5sc43)nc(-c3cc4ccc5ccccc5c4c4ccccc34)n2)cc1. The van der Waals surface area contributed by atoms with Gasteiger partial charge in [-0.05, 0) is 49.8 Å². The molecule has 5 heteroatoms. The first kappa shape index (κ1) is 26.2. The molecule has 0 saturated carbocycles. The second-order valence-electron chi connectivity index (χ2n) is 11.8. The fourth-order valence-corrected chi connectivity index (χ4v) is 8.24. The van der Waals surface area contributed by atoms with Gasteiger partial charge in [-0.1, -0.05) is 121 Å². The maximum Gasteiger partial charge on any atom is 0.164 e. The van der Waals surface area contributed by atoms with E-state index in [0.717, 1.165) is 32.8 Å². The molecule has 0 aliphatic carbocycles. The highest BCUT2D eigenvalue weighted by Gasteiger charge is 2.19. The average Bonchev–Trinajstić information content (AvgIpc) is 3.53. The van der Waals surface area contributed by atoms with E-state index in [0.29, 0.717) is 17.5 Å². The van der Waals surface area contributed by atoms with Gasteiger partial charge in [0, 0.05) is 49.9 Å². The number of thiophene rings is 1. The summed E-state index contributed by atoms with van der Waals surface area (Å²) in [6, 6.07) is 47.0. The van der Waals surface area contributed by atoms with Crippen LogP contribution in [0.3, 0.4) is 0 Å². The minimum atomic E-state index is 0.652. The van der Waals surface area contributed by atoms with Crippen LogP contribution < -0.4 is 0 Å². The second-order valence-corrected chi connectivity index (χ2v) is 12.9. The monoisotopic (exact) mass is 616 g/mol. The Morgan fingerprint density at radius 3 is 1.98 bits per heavy atom. The molecule has 0 spiro atoms. The Morgan fingerprint density at radius 2 is 1.09 bits per heavy atom. The highest BCUT2D eigenvalue weighted by molar-refractivity contribution is 7.26. The molecule has 0 radical (unpaired) electrons. The minimum absolute atomic E-state index is 0.652. The van der Waals surface area contributed by atoms with Crippen LogP contribution in [0.25, 0.3) is 97.4 Å². The maximum absolute atomic E-state index is 5.26. The molecule has 0 aliphatic heterocycles. The Bertz CT molecular complexity index is 2860. The van der Waals surface area contributed by atoms with Crippen molar-refractivity contribution in [2.24, 2.45) is 0 Å². The van der Waals surface area contributed by atoms with Crippen molar-refractivity contribution in [1.29, 1.82) is 0 Å². The van der Waals surface area contributed by atoms with Crippen LogP contribution in [0, 0.1) is 0 Å². The fourth-order valence-electron chi connectivity index (χ4n) is 7.04. The summed E-state index contributed by atoms with van der Waals surface area (Å²) in [5.41, 5.74) is 2.92. The molecule has 10 rings (SSSR count). The number of aromatic nitrogens is 4. The van der Waals surface area contributed by atoms with E-state index in [1.165, 1.54) is 47.1 Å². The first-order valence-electron chi connectivity index (χ1n) is 15.6. The molecule has 0 unspecified atom stereocenters. The topological polar surface area (TPSA) is 51.6 Å². The Kier molecular flexibility index (Phi) is 5.71. The van der Waals surface area contributed by atoms with E-state index in [-0.39, 0.29) is 0 Å². The Balaban J connectivity index is 1.27. The second kappa shape index (κ2) is 10.2. The summed E-state index contributed by atoms with van der Waals surface area (Å²) in [6.45, 7) is 0. The molecule has 218 valence electrons. The van der Waals surface area contributed by atoms with Crippen LogP contribution in [-0.4, -0.2) is 19.9 Å². The van der Waals surface area contributed by atoms with Crippen LogP contribution in [0.2, 0.25) is 0 Å². The molecule has 0 fully saturated rings. The van der Waals surface area contributed by atoms with Gasteiger partial charge in [0.1, 0.15) is 0 Å². The number of hydrogen-bond acceptors (Lipinski definition) is 5. The van der Waals surface area contributed by atoms with E-state index >= 15 is 0 Å². The van der Waals surface area contributed by atoms with E-state index in [1.54, 1.807) is 11.3 Å². The molecular formula is C42H24N4S. The highest BCUT2D eigenvalue weighted by Crippen LogP contribution is 2.42. The quantitative estimate of drug-likeness (QED) is 0.185. The van der Waals surface area contributed by atoms with Crippen LogP contribution in [0.1, 0.15) is 0 Å². The van der Waals surface area contributed by atoms with Gasteiger partial charge in [-0.25, -0.2) is 15.0 Å². The summed E-state index contributed by atoms with van der Waals surface area (Å²) in [6.07, 6.45) is 3.82. The first-order chi connectivity index (χ1) is 23.3. The molecular weight excluding hydrogens is 593 g/mol. The molecule has 7 aromatic carbocycles. The molecule has 0 amide bonds. The zero-order valence-electron chi connectivity index (χ0n) is 25.1. The maximum atomic E-state index is 5.26. The van der Waals surface area contributed by atoms with Crippen molar-refractivity contribution in [1.82, 2.24) is 19.9 Å². The van der Waals surface area contributed by atoms with Crippen LogP contribution in [0.15, 0.2) is 146 Å². The fraction of sp³-hybridized carbons (Fsp3) is 0. The Hall–Kier alpha value is -6.04. The van der Waals surface area contributed by atoms with Gasteiger partial charge >= 0.3 is 0 Å². The Morgan fingerprint density at radius 1 is 0.426 bits per heavy atom. The molecule has 10 aromatic rings. The van der Waals surface area contributed by atoms with E-state index in [2.05, 4.69) is 120 Å². The van der Waals surface area contributed by atoms with Gasteiger partial charge in [-0.15, -0.1) is 11.3 Å². The Labute approximate surface area is 273 Å². The number of nitrogens with zero attached hydrogens (tertiary/aromatic N) is 4. The van der Waals surface area contributed by atoms with Crippen molar-refractivity contribution in [3.05, 3.63) is 146 Å². The third-order valence-corrected chi connectivity index (χ3v) is 10.4. The molecule has 0 N–H and O–H groups in total. The van der Waals surface area contributed by atoms with Crippen molar-refractivity contribution >= 4 is 74.6 Å². The van der Waals surface area contributed by atoms with Gasteiger partial charge in [-0.3, -0.25) is 4.98 Å². The molecule has 0 atom stereocenters. The average molecular weight is 617 g/mol. The lowest BCUT2D eigenvalue weighted by atomic mass is 9.93. The minimum Gasteiger partial charge on any atom is -0.263 e. The van der Waals surface area contributed by atoms with E-state index in [9.17, 15) is 0 Å². The molecule has 0 aliphatic rings. The van der Waals surface area contributed by atoms with Crippen molar-refractivity contribution in [2.45, 2.75) is 0 Å². The summed E-state index contributed by atoms with van der Waals surface area (Å²) >= 11 is 1.78. The van der Waals surface area contributed by atoms with E-state index in [4.69, 9.17) is 15.0 Å². The smallest absolute Gasteiger partial charge is 0.164 e. The van der Waals surface area contributed by atoms with Crippen LogP contribution in [-0.2, 0) is 0 Å². The van der Waals surface area contributed by atoms with Crippen LogP contribution >= 0.6 is 11.3 Å². The van der Waals surface area contributed by atoms with Crippen LogP contribution in [0.5, 0.6) is 0 Å². The molecule has 47 heavy (non-hydrogen) atoms. The van der Waals surface area contributed by atoms with Gasteiger partial charge in [0.2, 0.25) is 0 Å². The van der Waals surface area contributed by atoms with Crippen LogP contribution in [0.4, 0.5) is 0 Å². The predicted molar refractivity (Wildman–Crippen MR) is 197 cm³/mol. The predicted octanol–water partition coefficient (Wildman–Crippen LogP) is 11.2. The molecule has 0 bridgehead atoms. The first-order valence-corrected chi connectivity index (χ1v) is 16.5. The van der Waals surface area contributed by atoms with Crippen molar-refractivity contribution < 1.29 is 0 Å². The highest BCUT2D eigenvalue weighted by atomic mass is 32.1. The van der Waals surface area contributed by atoms with Gasteiger partial charge in [-0.2, -0.15) is 0 Å². The number of benzene rings is 7. The van der Waals surface area contributed by atoms with Gasteiger partial charge in [0.05, 0.1) is 4.70 Å². The van der Waals surface area contributed by atoms with Crippen molar-refractivity contribution in [2.75, 3.05) is 0 Å². The normalized spacial score (nSPS) is 11.8. The third kappa shape index (κ3) is 4.07. The standard InChI is InChI=1S/C42H24N4S/c1-2-10-26(11-3-1)40-44-41(35-16-8-15-33-30(35)19-20-34-31-21-22-43-24-37(31)47-39(33)34)46-42(45-40)36-23-27-18-17-25-9-4-5-12-28(25)38(27)32-14-7-6-13-29(32)36/h1-24H. The number of hydrogen-bond donors (Lipinski definition) is 0. The summed E-state index contributed by atoms with van der Waals surface area (Å²) in [7, 11) is 0. The number of pyridine rings is 1. The van der Waals surface area contributed by atoms with Gasteiger partial charge in [0.15, 0.2) is 17.5 Å². The lowest BCUT2D eigenvalue weighted by molar-refractivity contribution is 1.08. The van der Waals surface area contributed by atoms with E-state index in [1.807, 2.05) is 30.6 Å². The largest absolute Gasteiger partial charge is 0.263 e. The lowest BCUT2D eigenvalue weighted by Crippen LogP contribution is -2.01. The molecule has 4 nitrogen and oxygen atoms in total. The molecule has 0 saturated heterocycles. The number of fused-ring (bicyclic) bond motifs is 10. The molecule has 3 aromatic heterocycles. The third-order valence-electron chi connectivity index (χ3n) is 9.20. The summed E-state index contributed by atoms with van der Waals surface area (Å²) < 4.78 is 2.43.